The molecule has 0 amide bonds. The number of piperidine rings is 1. The van der Waals surface area contributed by atoms with Crippen molar-refractivity contribution in [1.82, 2.24) is 9.29 Å². The molecule has 1 aliphatic heterocycles. The van der Waals surface area contributed by atoms with E-state index in [2.05, 4.69) is 11.9 Å². The summed E-state index contributed by atoms with van der Waals surface area (Å²) < 4.78 is 26.9. The van der Waals surface area contributed by atoms with Gasteiger partial charge in [-0.1, -0.05) is 24.9 Å². The van der Waals surface area contributed by atoms with Crippen LogP contribution in [0.5, 0.6) is 0 Å². The second-order valence-electron chi connectivity index (χ2n) is 5.07. The van der Waals surface area contributed by atoms with Gasteiger partial charge in [-0.05, 0) is 37.8 Å². The minimum absolute atomic E-state index is 0.0177. The lowest BCUT2D eigenvalue weighted by molar-refractivity contribution is 0.203. The first kappa shape index (κ1) is 14.8. The molecule has 1 aromatic rings. The molecule has 0 N–H and O–H groups in total. The maximum atomic E-state index is 12.7. The Morgan fingerprint density at radius 2 is 2.21 bits per heavy atom. The van der Waals surface area contributed by atoms with Gasteiger partial charge in [0, 0.05) is 18.8 Å². The lowest BCUT2D eigenvalue weighted by Crippen LogP contribution is -2.45. The van der Waals surface area contributed by atoms with Gasteiger partial charge in [0.15, 0.2) is 0 Å². The summed E-state index contributed by atoms with van der Waals surface area (Å²) in [5, 5.41) is 0.0494. The van der Waals surface area contributed by atoms with Crippen molar-refractivity contribution in [1.29, 1.82) is 0 Å². The van der Waals surface area contributed by atoms with E-state index in [1.807, 2.05) is 6.92 Å². The van der Waals surface area contributed by atoms with Crippen LogP contribution in [0.4, 0.5) is 0 Å². The van der Waals surface area contributed by atoms with E-state index < -0.39 is 10.0 Å². The minimum Gasteiger partial charge on any atom is -0.243 e. The molecule has 2 atom stereocenters. The van der Waals surface area contributed by atoms with Crippen LogP contribution < -0.4 is 0 Å². The molecule has 0 spiro atoms. The number of halogens is 1. The SMILES string of the molecule is CCC1CCC(C)N(S(=O)(=O)c2cccnc2Cl)C1. The number of aromatic nitrogens is 1. The van der Waals surface area contributed by atoms with Crippen LogP contribution in [0.3, 0.4) is 0 Å². The van der Waals surface area contributed by atoms with Crippen molar-refractivity contribution >= 4 is 21.6 Å². The zero-order chi connectivity index (χ0) is 14.0. The van der Waals surface area contributed by atoms with Crippen molar-refractivity contribution in [2.24, 2.45) is 5.92 Å². The molecule has 0 bridgehead atoms. The summed E-state index contributed by atoms with van der Waals surface area (Å²) in [7, 11) is -3.55. The molecule has 106 valence electrons. The van der Waals surface area contributed by atoms with Gasteiger partial charge in [0.05, 0.1) is 0 Å². The van der Waals surface area contributed by atoms with Crippen LogP contribution in [0, 0.1) is 5.92 Å². The molecule has 1 aliphatic rings. The van der Waals surface area contributed by atoms with Crippen LogP contribution in [0.15, 0.2) is 23.2 Å². The average molecular weight is 303 g/mol. The maximum absolute atomic E-state index is 12.7. The predicted octanol–water partition coefficient (Wildman–Crippen LogP) is 2.93. The highest BCUT2D eigenvalue weighted by molar-refractivity contribution is 7.89. The molecule has 0 aliphatic carbocycles. The number of sulfonamides is 1. The van der Waals surface area contributed by atoms with Crippen LogP contribution in [0.1, 0.15) is 33.1 Å². The Labute approximate surface area is 119 Å². The third kappa shape index (κ3) is 2.93. The quantitative estimate of drug-likeness (QED) is 0.807. The van der Waals surface area contributed by atoms with Crippen LogP contribution in [-0.4, -0.2) is 30.3 Å². The molecule has 2 unspecified atom stereocenters. The van der Waals surface area contributed by atoms with E-state index in [4.69, 9.17) is 11.6 Å². The topological polar surface area (TPSA) is 50.3 Å². The van der Waals surface area contributed by atoms with Gasteiger partial charge in [-0.3, -0.25) is 0 Å². The maximum Gasteiger partial charge on any atom is 0.246 e. The fourth-order valence-electron chi connectivity index (χ4n) is 2.50. The summed E-state index contributed by atoms with van der Waals surface area (Å²) in [5.74, 6) is 0.432. The lowest BCUT2D eigenvalue weighted by Gasteiger charge is -2.36. The highest BCUT2D eigenvalue weighted by Gasteiger charge is 2.35. The van der Waals surface area contributed by atoms with Crippen molar-refractivity contribution in [3.63, 3.8) is 0 Å². The van der Waals surface area contributed by atoms with Gasteiger partial charge in [0.1, 0.15) is 10.0 Å². The molecule has 2 heterocycles. The second kappa shape index (κ2) is 5.77. The number of rotatable bonds is 3. The van der Waals surface area contributed by atoms with Crippen LogP contribution in [-0.2, 0) is 10.0 Å². The van der Waals surface area contributed by atoms with Gasteiger partial charge in [-0.2, -0.15) is 4.31 Å². The second-order valence-corrected chi connectivity index (χ2v) is 7.28. The highest BCUT2D eigenvalue weighted by atomic mass is 35.5. The van der Waals surface area contributed by atoms with Crippen LogP contribution >= 0.6 is 11.6 Å². The average Bonchev–Trinajstić information content (AvgIpc) is 2.39. The number of nitrogens with zero attached hydrogens (tertiary/aromatic N) is 2. The van der Waals surface area contributed by atoms with Gasteiger partial charge in [0.2, 0.25) is 10.0 Å². The Bertz CT molecular complexity index is 547. The highest BCUT2D eigenvalue weighted by Crippen LogP contribution is 2.31. The van der Waals surface area contributed by atoms with Gasteiger partial charge in [0.25, 0.3) is 0 Å². The predicted molar refractivity (Wildman–Crippen MR) is 75.6 cm³/mol. The molecule has 19 heavy (non-hydrogen) atoms. The first-order valence-electron chi connectivity index (χ1n) is 6.59. The van der Waals surface area contributed by atoms with Crippen LogP contribution in [0.2, 0.25) is 5.15 Å². The molecule has 0 saturated carbocycles. The molecule has 6 heteroatoms. The molecule has 1 saturated heterocycles. The van der Waals surface area contributed by atoms with Gasteiger partial charge in [-0.15, -0.1) is 0 Å². The molecule has 4 nitrogen and oxygen atoms in total. The normalized spacial score (nSPS) is 25.4. The molecule has 2 rings (SSSR count). The third-order valence-electron chi connectivity index (χ3n) is 3.81. The van der Waals surface area contributed by atoms with Crippen molar-refractivity contribution in [2.75, 3.05) is 6.54 Å². The van der Waals surface area contributed by atoms with E-state index in [0.717, 1.165) is 19.3 Å². The summed E-state index contributed by atoms with van der Waals surface area (Å²) in [6.07, 6.45) is 4.48. The van der Waals surface area contributed by atoms with Crippen molar-refractivity contribution in [3.8, 4) is 0 Å². The van der Waals surface area contributed by atoms with E-state index in [-0.39, 0.29) is 16.1 Å². The number of pyridine rings is 1. The van der Waals surface area contributed by atoms with Crippen molar-refractivity contribution in [3.05, 3.63) is 23.5 Å². The summed E-state index contributed by atoms with van der Waals surface area (Å²) >= 11 is 5.93. The zero-order valence-corrected chi connectivity index (χ0v) is 12.8. The molecule has 1 fully saturated rings. The molecule has 0 aromatic carbocycles. The summed E-state index contributed by atoms with van der Waals surface area (Å²) in [6.45, 7) is 4.63. The van der Waals surface area contributed by atoms with E-state index in [1.54, 1.807) is 10.4 Å². The number of hydrogen-bond acceptors (Lipinski definition) is 3. The third-order valence-corrected chi connectivity index (χ3v) is 6.24. The molecule has 0 radical (unpaired) electrons. The van der Waals surface area contributed by atoms with E-state index in [0.29, 0.717) is 12.5 Å². The Morgan fingerprint density at radius 3 is 2.84 bits per heavy atom. The summed E-state index contributed by atoms with van der Waals surface area (Å²) in [4.78, 5) is 3.98. The zero-order valence-electron chi connectivity index (χ0n) is 11.2. The lowest BCUT2D eigenvalue weighted by atomic mass is 9.93. The Hall–Kier alpha value is -0.650. The largest absolute Gasteiger partial charge is 0.246 e. The van der Waals surface area contributed by atoms with Gasteiger partial charge in [-0.25, -0.2) is 13.4 Å². The summed E-state index contributed by atoms with van der Waals surface area (Å²) in [6, 6.07) is 3.14. The summed E-state index contributed by atoms with van der Waals surface area (Å²) in [5.41, 5.74) is 0. The molecular formula is C13H19ClN2O2S. The number of hydrogen-bond donors (Lipinski definition) is 0. The van der Waals surface area contributed by atoms with E-state index in [1.165, 1.54) is 12.3 Å². The van der Waals surface area contributed by atoms with Gasteiger partial charge >= 0.3 is 0 Å². The smallest absolute Gasteiger partial charge is 0.243 e. The standard InChI is InChI=1S/C13H19ClN2O2S/c1-3-11-7-6-10(2)16(9-11)19(17,18)12-5-4-8-15-13(12)14/h4-5,8,10-11H,3,6-7,9H2,1-2H3. The van der Waals surface area contributed by atoms with Crippen molar-refractivity contribution < 1.29 is 8.42 Å². The fraction of sp³-hybridized carbons (Fsp3) is 0.615. The molecule has 1 aromatic heterocycles. The van der Waals surface area contributed by atoms with Crippen LogP contribution in [0.25, 0.3) is 0 Å². The Kier molecular flexibility index (Phi) is 4.48. The monoisotopic (exact) mass is 302 g/mol. The Balaban J connectivity index is 2.36. The fourth-order valence-corrected chi connectivity index (χ4v) is 4.67. The first-order valence-corrected chi connectivity index (χ1v) is 8.41. The van der Waals surface area contributed by atoms with Crippen molar-refractivity contribution in [2.45, 2.75) is 44.0 Å². The Morgan fingerprint density at radius 1 is 1.47 bits per heavy atom. The van der Waals surface area contributed by atoms with E-state index in [9.17, 15) is 8.42 Å². The minimum atomic E-state index is -3.55. The first-order chi connectivity index (χ1) is 8.96. The van der Waals surface area contributed by atoms with E-state index >= 15 is 0 Å². The van der Waals surface area contributed by atoms with Gasteiger partial charge < -0.3 is 0 Å². The molecular weight excluding hydrogens is 284 g/mol.